The van der Waals surface area contributed by atoms with Crippen molar-refractivity contribution < 1.29 is 9.53 Å². The quantitative estimate of drug-likeness (QED) is 0.627. The Morgan fingerprint density at radius 2 is 1.94 bits per heavy atom. The number of thioether (sulfide) groups is 1. The van der Waals surface area contributed by atoms with E-state index in [0.717, 1.165) is 11.1 Å². The molecular weight excluding hydrogens is 260 g/mol. The Kier molecular flexibility index (Phi) is 5.05. The molecule has 0 saturated heterocycles. The van der Waals surface area contributed by atoms with E-state index < -0.39 is 8.07 Å². The zero-order chi connectivity index (χ0) is 13.9. The van der Waals surface area contributed by atoms with E-state index in [-0.39, 0.29) is 11.2 Å². The van der Waals surface area contributed by atoms with E-state index in [1.807, 2.05) is 6.26 Å². The predicted molar refractivity (Wildman–Crippen MR) is 82.4 cm³/mol. The van der Waals surface area contributed by atoms with Crippen molar-refractivity contribution in [3.8, 4) is 0 Å². The number of rotatable bonds is 4. The maximum Gasteiger partial charge on any atom is 0.323 e. The number of hydrogen-bond acceptors (Lipinski definition) is 3. The summed E-state index contributed by atoms with van der Waals surface area (Å²) in [5.74, 6) is -0.168. The van der Waals surface area contributed by atoms with Gasteiger partial charge in [-0.1, -0.05) is 43.0 Å². The third kappa shape index (κ3) is 3.39. The molecule has 18 heavy (non-hydrogen) atoms. The SMILES string of the molecule is COC(=O)C(SC)c1cc([Si](C)(C)C)ccc1C. The van der Waals surface area contributed by atoms with E-state index in [1.54, 1.807) is 0 Å². The second kappa shape index (κ2) is 5.93. The standard InChI is InChI=1S/C14H22O2SSi/c1-10-7-8-11(18(4,5)6)9-12(10)13(17-3)14(15)16-2/h7-9,13H,1-6H3. The molecule has 1 unspecified atom stereocenters. The fourth-order valence-electron chi connectivity index (χ4n) is 1.85. The molecule has 1 aromatic carbocycles. The summed E-state index contributed by atoms with van der Waals surface area (Å²) >= 11 is 1.53. The van der Waals surface area contributed by atoms with Crippen LogP contribution in [0.1, 0.15) is 16.4 Å². The summed E-state index contributed by atoms with van der Waals surface area (Å²) in [5, 5.41) is 1.16. The zero-order valence-corrected chi connectivity index (χ0v) is 13.9. The van der Waals surface area contributed by atoms with E-state index in [9.17, 15) is 4.79 Å². The number of aryl methyl sites for hydroxylation is 1. The van der Waals surface area contributed by atoms with Crippen molar-refractivity contribution in [3.63, 3.8) is 0 Å². The first-order valence-corrected chi connectivity index (χ1v) is 10.8. The highest BCUT2D eigenvalue weighted by Crippen LogP contribution is 2.30. The predicted octanol–water partition coefficient (Wildman–Crippen LogP) is 3.12. The van der Waals surface area contributed by atoms with Gasteiger partial charge in [-0.3, -0.25) is 4.79 Å². The fourth-order valence-corrected chi connectivity index (χ4v) is 3.82. The van der Waals surface area contributed by atoms with E-state index in [4.69, 9.17) is 4.74 Å². The van der Waals surface area contributed by atoms with Crippen molar-refractivity contribution in [2.45, 2.75) is 31.8 Å². The Bertz CT molecular complexity index is 438. The second-order valence-corrected chi connectivity index (χ2v) is 11.5. The lowest BCUT2D eigenvalue weighted by molar-refractivity contribution is -0.140. The molecule has 0 heterocycles. The summed E-state index contributed by atoms with van der Waals surface area (Å²) in [6.45, 7) is 8.99. The molecule has 0 aliphatic rings. The van der Waals surface area contributed by atoms with Crippen LogP contribution in [0, 0.1) is 6.92 Å². The van der Waals surface area contributed by atoms with Gasteiger partial charge in [0.05, 0.1) is 15.2 Å². The largest absolute Gasteiger partial charge is 0.468 e. The van der Waals surface area contributed by atoms with Crippen molar-refractivity contribution in [2.75, 3.05) is 13.4 Å². The number of methoxy groups -OCH3 is 1. The molecule has 0 aliphatic heterocycles. The van der Waals surface area contributed by atoms with Crippen LogP contribution < -0.4 is 5.19 Å². The van der Waals surface area contributed by atoms with Crippen molar-refractivity contribution >= 4 is 31.0 Å². The molecule has 0 aromatic heterocycles. The molecule has 0 spiro atoms. The van der Waals surface area contributed by atoms with Crippen LogP contribution >= 0.6 is 11.8 Å². The van der Waals surface area contributed by atoms with Crippen LogP contribution in [-0.4, -0.2) is 27.4 Å². The number of benzene rings is 1. The average molecular weight is 282 g/mol. The molecule has 0 radical (unpaired) electrons. The van der Waals surface area contributed by atoms with Gasteiger partial charge in [0.1, 0.15) is 5.25 Å². The number of ether oxygens (including phenoxy) is 1. The zero-order valence-electron chi connectivity index (χ0n) is 12.0. The highest BCUT2D eigenvalue weighted by Gasteiger charge is 2.24. The molecule has 100 valence electrons. The van der Waals surface area contributed by atoms with Crippen molar-refractivity contribution in [2.24, 2.45) is 0 Å². The first-order valence-electron chi connectivity index (χ1n) is 6.03. The Morgan fingerprint density at radius 1 is 1.33 bits per heavy atom. The number of hydrogen-bond donors (Lipinski definition) is 0. The average Bonchev–Trinajstić information content (AvgIpc) is 2.30. The van der Waals surface area contributed by atoms with Crippen LogP contribution in [0.2, 0.25) is 19.6 Å². The molecule has 0 saturated carbocycles. The van der Waals surface area contributed by atoms with Gasteiger partial charge in [-0.25, -0.2) is 0 Å². The van der Waals surface area contributed by atoms with Gasteiger partial charge >= 0.3 is 5.97 Å². The molecule has 2 nitrogen and oxygen atoms in total. The minimum absolute atomic E-state index is 0.168. The van der Waals surface area contributed by atoms with Crippen LogP contribution in [-0.2, 0) is 9.53 Å². The van der Waals surface area contributed by atoms with Crippen LogP contribution in [0.4, 0.5) is 0 Å². The molecule has 1 atom stereocenters. The van der Waals surface area contributed by atoms with Crippen LogP contribution in [0.3, 0.4) is 0 Å². The van der Waals surface area contributed by atoms with Crippen LogP contribution in [0.5, 0.6) is 0 Å². The van der Waals surface area contributed by atoms with Crippen LogP contribution in [0.25, 0.3) is 0 Å². The van der Waals surface area contributed by atoms with E-state index in [1.165, 1.54) is 24.1 Å². The van der Waals surface area contributed by atoms with E-state index >= 15 is 0 Å². The number of esters is 1. The second-order valence-electron chi connectivity index (χ2n) is 5.46. The lowest BCUT2D eigenvalue weighted by Crippen LogP contribution is -2.38. The highest BCUT2D eigenvalue weighted by atomic mass is 32.2. The highest BCUT2D eigenvalue weighted by molar-refractivity contribution is 7.99. The fraction of sp³-hybridized carbons (Fsp3) is 0.500. The molecule has 0 fully saturated rings. The molecule has 1 rings (SSSR count). The van der Waals surface area contributed by atoms with Crippen molar-refractivity contribution in [3.05, 3.63) is 29.3 Å². The first-order chi connectivity index (χ1) is 8.31. The molecule has 1 aromatic rings. The molecule has 4 heteroatoms. The smallest absolute Gasteiger partial charge is 0.323 e. The summed E-state index contributed by atoms with van der Waals surface area (Å²) in [6, 6.07) is 6.51. The number of carbonyl (C=O) groups excluding carboxylic acids is 1. The Labute approximate surface area is 115 Å². The Balaban J connectivity index is 3.26. The normalized spacial score (nSPS) is 13.2. The summed E-state index contributed by atoms with van der Waals surface area (Å²) in [7, 11) is 0.0951. The molecule has 0 N–H and O–H groups in total. The van der Waals surface area contributed by atoms with Gasteiger partial charge in [-0.15, -0.1) is 11.8 Å². The Hall–Kier alpha value is -0.743. The summed E-state index contributed by atoms with van der Waals surface area (Å²) < 4.78 is 4.89. The molecule has 0 aliphatic carbocycles. The van der Waals surface area contributed by atoms with Gasteiger partial charge in [0.2, 0.25) is 0 Å². The van der Waals surface area contributed by atoms with Gasteiger partial charge in [0.25, 0.3) is 0 Å². The Morgan fingerprint density at radius 3 is 2.39 bits per heavy atom. The lowest BCUT2D eigenvalue weighted by Gasteiger charge is -2.21. The molecular formula is C14H22O2SSi. The monoisotopic (exact) mass is 282 g/mol. The first kappa shape index (κ1) is 15.3. The third-order valence-electron chi connectivity index (χ3n) is 3.08. The number of carbonyl (C=O) groups is 1. The van der Waals surface area contributed by atoms with E-state index in [2.05, 4.69) is 44.8 Å². The van der Waals surface area contributed by atoms with Gasteiger partial charge < -0.3 is 4.74 Å². The van der Waals surface area contributed by atoms with Gasteiger partial charge in [0, 0.05) is 0 Å². The van der Waals surface area contributed by atoms with Gasteiger partial charge in [-0.05, 0) is 24.3 Å². The topological polar surface area (TPSA) is 26.3 Å². The minimum atomic E-state index is -1.35. The summed E-state index contributed by atoms with van der Waals surface area (Å²) in [5.41, 5.74) is 2.25. The van der Waals surface area contributed by atoms with Crippen molar-refractivity contribution in [1.82, 2.24) is 0 Å². The maximum absolute atomic E-state index is 11.8. The maximum atomic E-state index is 11.8. The third-order valence-corrected chi connectivity index (χ3v) is 6.04. The van der Waals surface area contributed by atoms with E-state index in [0.29, 0.717) is 0 Å². The molecule has 0 bridgehead atoms. The van der Waals surface area contributed by atoms with Gasteiger partial charge in [-0.2, -0.15) is 0 Å². The van der Waals surface area contributed by atoms with Crippen molar-refractivity contribution in [1.29, 1.82) is 0 Å². The minimum Gasteiger partial charge on any atom is -0.468 e. The van der Waals surface area contributed by atoms with Crippen LogP contribution in [0.15, 0.2) is 18.2 Å². The summed E-state index contributed by atoms with van der Waals surface area (Å²) in [6.07, 6.45) is 1.95. The molecule has 0 amide bonds. The van der Waals surface area contributed by atoms with Gasteiger partial charge in [0.15, 0.2) is 0 Å². The lowest BCUT2D eigenvalue weighted by atomic mass is 10.1. The summed E-state index contributed by atoms with van der Waals surface area (Å²) in [4.78, 5) is 11.8.